The average Bonchev–Trinajstić information content (AvgIpc) is 2.79. The first kappa shape index (κ1) is 22.3. The molecule has 1 saturated carbocycles. The van der Waals surface area contributed by atoms with Crippen LogP contribution in [-0.2, 0) is 10.0 Å². The molecule has 176 valence electrons. The molecule has 0 radical (unpaired) electrons. The number of amides is 1. The lowest BCUT2D eigenvalue weighted by atomic mass is 9.92. The highest BCUT2D eigenvalue weighted by Crippen LogP contribution is 2.31. The molecular weight excluding hydrogens is 452 g/mol. The first-order valence-corrected chi connectivity index (χ1v) is 12.8. The van der Waals surface area contributed by atoms with E-state index in [1.165, 1.54) is 12.1 Å². The van der Waals surface area contributed by atoms with Gasteiger partial charge >= 0.3 is 0 Å². The minimum Gasteiger partial charge on any atom is -0.472 e. The van der Waals surface area contributed by atoms with Crippen LogP contribution in [0.4, 0.5) is 5.95 Å². The summed E-state index contributed by atoms with van der Waals surface area (Å²) in [5.74, 6) is -0.139. The van der Waals surface area contributed by atoms with Crippen LogP contribution in [-0.4, -0.2) is 36.4 Å². The van der Waals surface area contributed by atoms with Gasteiger partial charge in [0.25, 0.3) is 15.9 Å². The molecule has 1 aromatic heterocycles. The molecule has 9 heteroatoms. The molecule has 1 fully saturated rings. The molecule has 0 saturated heterocycles. The van der Waals surface area contributed by atoms with Crippen molar-refractivity contribution in [1.82, 2.24) is 15.3 Å². The molecule has 0 spiro atoms. The second kappa shape index (κ2) is 8.72. The molecule has 5 rings (SSSR count). The van der Waals surface area contributed by atoms with Crippen LogP contribution < -0.4 is 14.8 Å². The van der Waals surface area contributed by atoms with Crippen molar-refractivity contribution in [2.75, 3.05) is 4.72 Å². The van der Waals surface area contributed by atoms with Crippen LogP contribution in [0.25, 0.3) is 11.3 Å². The van der Waals surface area contributed by atoms with Crippen LogP contribution in [0.2, 0.25) is 0 Å². The van der Waals surface area contributed by atoms with E-state index in [4.69, 9.17) is 4.74 Å². The van der Waals surface area contributed by atoms with E-state index in [0.29, 0.717) is 5.69 Å². The molecule has 4 bridgehead atoms. The van der Waals surface area contributed by atoms with Crippen molar-refractivity contribution >= 4 is 21.9 Å². The minimum atomic E-state index is -4.04. The predicted molar refractivity (Wildman–Crippen MR) is 128 cm³/mol. The largest absolute Gasteiger partial charge is 0.472 e. The Kier molecular flexibility index (Phi) is 5.73. The zero-order valence-corrected chi connectivity index (χ0v) is 19.9. The number of nitrogens with zero attached hydrogens (tertiary/aromatic N) is 2. The number of hydrogen-bond acceptors (Lipinski definition) is 6. The predicted octanol–water partition coefficient (Wildman–Crippen LogP) is 3.99. The second-order valence-electron chi connectivity index (χ2n) is 8.84. The Morgan fingerprint density at radius 3 is 2.50 bits per heavy atom. The zero-order chi connectivity index (χ0) is 23.9. The van der Waals surface area contributed by atoms with Crippen LogP contribution in [0.1, 0.15) is 47.2 Å². The summed E-state index contributed by atoms with van der Waals surface area (Å²) in [5.41, 5.74) is 3.75. The lowest BCUT2D eigenvalue weighted by Crippen LogP contribution is -2.47. The van der Waals surface area contributed by atoms with E-state index < -0.39 is 10.0 Å². The molecule has 2 atom stereocenters. The van der Waals surface area contributed by atoms with Gasteiger partial charge in [-0.1, -0.05) is 30.7 Å². The van der Waals surface area contributed by atoms with Crippen molar-refractivity contribution in [1.29, 1.82) is 0 Å². The first-order valence-electron chi connectivity index (χ1n) is 11.4. The Morgan fingerprint density at radius 2 is 1.71 bits per heavy atom. The minimum absolute atomic E-state index is 0.0388. The van der Waals surface area contributed by atoms with Crippen molar-refractivity contribution < 1.29 is 17.9 Å². The van der Waals surface area contributed by atoms with Gasteiger partial charge in [0.2, 0.25) is 11.8 Å². The number of carbonyl (C=O) groups excluding carboxylic acids is 1. The topological polar surface area (TPSA) is 110 Å². The molecule has 1 amide bonds. The third-order valence-electron chi connectivity index (χ3n) is 6.36. The number of fused-ring (bicyclic) bond motifs is 5. The van der Waals surface area contributed by atoms with E-state index in [2.05, 4.69) is 20.0 Å². The van der Waals surface area contributed by atoms with Crippen LogP contribution in [0.15, 0.2) is 53.4 Å². The molecular formula is C25H26N4O4S. The summed E-state index contributed by atoms with van der Waals surface area (Å²) in [6.45, 7) is 3.96. The van der Waals surface area contributed by atoms with Gasteiger partial charge in [0, 0.05) is 17.2 Å². The Hall–Kier alpha value is -3.46. The smallest absolute Gasteiger partial charge is 0.264 e. The number of aromatic nitrogens is 2. The highest BCUT2D eigenvalue weighted by Gasteiger charge is 2.30. The lowest BCUT2D eigenvalue weighted by Gasteiger charge is -2.32. The van der Waals surface area contributed by atoms with Gasteiger partial charge in [-0.25, -0.2) is 18.1 Å². The fourth-order valence-electron chi connectivity index (χ4n) is 4.67. The number of hydrogen-bond donors (Lipinski definition) is 2. The van der Waals surface area contributed by atoms with Gasteiger partial charge in [0.1, 0.15) is 6.10 Å². The molecule has 1 aliphatic carbocycles. The number of aryl methyl sites for hydroxylation is 2. The number of sulfonamides is 1. The maximum atomic E-state index is 13.1. The number of anilines is 1. The van der Waals surface area contributed by atoms with E-state index in [1.54, 1.807) is 18.2 Å². The van der Waals surface area contributed by atoms with E-state index in [-0.39, 0.29) is 40.3 Å². The number of benzene rings is 2. The van der Waals surface area contributed by atoms with Gasteiger partial charge in [-0.3, -0.25) is 4.79 Å². The molecule has 2 N–H and O–H groups in total. The normalized spacial score (nSPS) is 21.4. The summed E-state index contributed by atoms with van der Waals surface area (Å²) in [5, 5.41) is 3.04. The van der Waals surface area contributed by atoms with Gasteiger partial charge in [0.15, 0.2) is 0 Å². The molecule has 2 aliphatic rings. The van der Waals surface area contributed by atoms with E-state index in [9.17, 15) is 13.2 Å². The van der Waals surface area contributed by atoms with Gasteiger partial charge in [0.05, 0.1) is 16.6 Å². The van der Waals surface area contributed by atoms with Gasteiger partial charge < -0.3 is 10.1 Å². The average molecular weight is 479 g/mol. The molecule has 8 nitrogen and oxygen atoms in total. The third-order valence-corrected chi connectivity index (χ3v) is 7.69. The Morgan fingerprint density at radius 1 is 0.971 bits per heavy atom. The molecule has 1 unspecified atom stereocenters. The van der Waals surface area contributed by atoms with Crippen LogP contribution in [0.3, 0.4) is 0 Å². The standard InChI is InChI=1S/C25H26N4O4S/c1-15-7-5-8-16(2)23(15)20-14-22-28-25(27-20)29-34(31,32)18-10-6-9-17(13-18)24(30)26-19-11-3-4-12-21(19)33-22/h5-10,13-14,19,21H,3-4,11-12H2,1-2H3,(H,26,30)(H,27,28,29)/t19-,21?/m1/s1. The number of carbonyl (C=O) groups is 1. The highest BCUT2D eigenvalue weighted by molar-refractivity contribution is 7.92. The first-order chi connectivity index (χ1) is 16.3. The number of ether oxygens (including phenoxy) is 1. The summed E-state index contributed by atoms with van der Waals surface area (Å²) in [6.07, 6.45) is 3.19. The third kappa shape index (κ3) is 4.35. The quantitative estimate of drug-likeness (QED) is 0.547. The van der Waals surface area contributed by atoms with E-state index >= 15 is 0 Å². The number of rotatable bonds is 1. The van der Waals surface area contributed by atoms with Crippen molar-refractivity contribution in [3.8, 4) is 17.1 Å². The SMILES string of the molecule is Cc1cccc(C)c1-c1cc2nc(n1)NS(=O)(=O)c1cccc(c1)C(=O)N[C@@H]1CCCCC1O2. The highest BCUT2D eigenvalue weighted by atomic mass is 32.2. The molecule has 2 aromatic carbocycles. The fourth-order valence-corrected chi connectivity index (χ4v) is 5.66. The zero-order valence-electron chi connectivity index (χ0n) is 19.0. The van der Waals surface area contributed by atoms with Crippen molar-refractivity contribution in [2.45, 2.75) is 56.6 Å². The Labute approximate surface area is 198 Å². The summed E-state index contributed by atoms with van der Waals surface area (Å²) >= 11 is 0. The lowest BCUT2D eigenvalue weighted by molar-refractivity contribution is 0.0785. The van der Waals surface area contributed by atoms with Crippen molar-refractivity contribution in [3.63, 3.8) is 0 Å². The maximum Gasteiger partial charge on any atom is 0.264 e. The second-order valence-corrected chi connectivity index (χ2v) is 10.5. The van der Waals surface area contributed by atoms with Crippen LogP contribution in [0, 0.1) is 13.8 Å². The Balaban J connectivity index is 1.68. The maximum absolute atomic E-state index is 13.1. The fraction of sp³-hybridized carbons (Fsp3) is 0.320. The summed E-state index contributed by atoms with van der Waals surface area (Å²) < 4.78 is 35.1. The van der Waals surface area contributed by atoms with Crippen LogP contribution >= 0.6 is 0 Å². The van der Waals surface area contributed by atoms with E-state index in [0.717, 1.165) is 42.4 Å². The summed E-state index contributed by atoms with van der Waals surface area (Å²) in [7, 11) is -4.04. The number of nitrogens with one attached hydrogen (secondary N) is 2. The molecule has 1 aliphatic heterocycles. The van der Waals surface area contributed by atoms with Crippen molar-refractivity contribution in [3.05, 3.63) is 65.2 Å². The summed E-state index contributed by atoms with van der Waals surface area (Å²) in [4.78, 5) is 21.8. The van der Waals surface area contributed by atoms with Crippen LogP contribution in [0.5, 0.6) is 5.88 Å². The summed E-state index contributed by atoms with van der Waals surface area (Å²) in [6, 6.07) is 13.4. The monoisotopic (exact) mass is 478 g/mol. The van der Waals surface area contributed by atoms with Crippen molar-refractivity contribution in [2.24, 2.45) is 0 Å². The van der Waals surface area contributed by atoms with Gasteiger partial charge in [-0.15, -0.1) is 0 Å². The molecule has 2 heterocycles. The van der Waals surface area contributed by atoms with Gasteiger partial charge in [-0.05, 0) is 62.4 Å². The molecule has 34 heavy (non-hydrogen) atoms. The Bertz CT molecular complexity index is 1350. The van der Waals surface area contributed by atoms with E-state index in [1.807, 2.05) is 32.0 Å². The van der Waals surface area contributed by atoms with Gasteiger partial charge in [-0.2, -0.15) is 4.98 Å². The molecule has 3 aromatic rings.